The van der Waals surface area contributed by atoms with Crippen molar-refractivity contribution in [2.45, 2.75) is 39.5 Å². The average Bonchev–Trinajstić information content (AvgIpc) is 2.28. The lowest BCUT2D eigenvalue weighted by atomic mass is 9.59. The summed E-state index contributed by atoms with van der Waals surface area (Å²) in [4.78, 5) is 34.3. The van der Waals surface area contributed by atoms with Crippen LogP contribution in [0.4, 0.5) is 0 Å². The van der Waals surface area contributed by atoms with Gasteiger partial charge in [-0.25, -0.2) is 0 Å². The molecule has 0 aromatic carbocycles. The van der Waals surface area contributed by atoms with Gasteiger partial charge in [0.2, 0.25) is 0 Å². The molecule has 0 aromatic heterocycles. The molecule has 1 rings (SSSR count). The second kappa shape index (κ2) is 4.85. The van der Waals surface area contributed by atoms with Crippen LogP contribution >= 0.6 is 0 Å². The van der Waals surface area contributed by atoms with Gasteiger partial charge in [0.1, 0.15) is 5.78 Å². The van der Waals surface area contributed by atoms with Gasteiger partial charge >= 0.3 is 11.9 Å². The Morgan fingerprint density at radius 3 is 1.94 bits per heavy atom. The molecule has 0 aromatic rings. The highest BCUT2D eigenvalue weighted by molar-refractivity contribution is 5.94. The molecule has 0 saturated heterocycles. The molecule has 0 radical (unpaired) electrons. The molecular weight excluding hydrogens is 224 g/mol. The lowest BCUT2D eigenvalue weighted by Crippen LogP contribution is -2.50. The summed E-state index contributed by atoms with van der Waals surface area (Å²) in [6.45, 7) is 2.87. The largest absolute Gasteiger partial charge is 0.481 e. The van der Waals surface area contributed by atoms with E-state index in [2.05, 4.69) is 0 Å². The molecule has 1 aliphatic carbocycles. The van der Waals surface area contributed by atoms with Crippen LogP contribution in [-0.2, 0) is 14.4 Å². The monoisotopic (exact) mass is 242 g/mol. The van der Waals surface area contributed by atoms with Gasteiger partial charge in [-0.15, -0.1) is 0 Å². The van der Waals surface area contributed by atoms with Crippen LogP contribution in [0.1, 0.15) is 39.5 Å². The van der Waals surface area contributed by atoms with Gasteiger partial charge in [-0.05, 0) is 12.8 Å². The number of hydrogen-bond acceptors (Lipinski definition) is 3. The van der Waals surface area contributed by atoms with Crippen LogP contribution in [0.3, 0.4) is 0 Å². The highest BCUT2D eigenvalue weighted by atomic mass is 16.4. The van der Waals surface area contributed by atoms with Gasteiger partial charge in [-0.2, -0.15) is 0 Å². The third-order valence-corrected chi connectivity index (χ3v) is 4.05. The number of Topliss-reactive ketones (excluding diaryl/α,β-unsaturated/α-hetero) is 1. The molecule has 5 nitrogen and oxygen atoms in total. The van der Waals surface area contributed by atoms with Gasteiger partial charge in [0.15, 0.2) is 0 Å². The minimum Gasteiger partial charge on any atom is -0.481 e. The summed E-state index contributed by atoms with van der Waals surface area (Å²) < 4.78 is 0. The molecule has 1 aliphatic rings. The molecule has 0 aliphatic heterocycles. The molecule has 0 bridgehead atoms. The van der Waals surface area contributed by atoms with Crippen molar-refractivity contribution in [3.63, 3.8) is 0 Å². The SMILES string of the molecule is CC(C(=O)O)C1(C(C)C(=O)O)CCCCC1=O. The van der Waals surface area contributed by atoms with E-state index in [1.165, 1.54) is 13.8 Å². The van der Waals surface area contributed by atoms with Crippen molar-refractivity contribution in [2.75, 3.05) is 0 Å². The number of rotatable bonds is 4. The van der Waals surface area contributed by atoms with Crippen molar-refractivity contribution >= 4 is 17.7 Å². The Bertz CT molecular complexity index is 327. The van der Waals surface area contributed by atoms with E-state index in [4.69, 9.17) is 10.2 Å². The highest BCUT2D eigenvalue weighted by Gasteiger charge is 2.53. The van der Waals surface area contributed by atoms with Crippen molar-refractivity contribution in [3.05, 3.63) is 0 Å². The van der Waals surface area contributed by atoms with Crippen molar-refractivity contribution in [3.8, 4) is 0 Å². The second-order valence-electron chi connectivity index (χ2n) is 4.79. The summed E-state index contributed by atoms with van der Waals surface area (Å²) in [6.07, 6.45) is 2.07. The molecule has 1 fully saturated rings. The number of carboxylic acids is 2. The lowest BCUT2D eigenvalue weighted by molar-refractivity contribution is -0.164. The smallest absolute Gasteiger partial charge is 0.307 e. The van der Waals surface area contributed by atoms with E-state index < -0.39 is 29.2 Å². The van der Waals surface area contributed by atoms with Crippen LogP contribution < -0.4 is 0 Å². The zero-order valence-corrected chi connectivity index (χ0v) is 10.1. The van der Waals surface area contributed by atoms with E-state index >= 15 is 0 Å². The minimum absolute atomic E-state index is 0.214. The predicted octanol–water partition coefficient (Wildman–Crippen LogP) is 1.56. The lowest BCUT2D eigenvalue weighted by Gasteiger charge is -2.41. The molecule has 96 valence electrons. The third kappa shape index (κ3) is 2.18. The van der Waals surface area contributed by atoms with Gasteiger partial charge < -0.3 is 10.2 Å². The van der Waals surface area contributed by atoms with E-state index in [-0.39, 0.29) is 12.2 Å². The normalized spacial score (nSPS) is 28.5. The summed E-state index contributed by atoms with van der Waals surface area (Å²) in [5, 5.41) is 18.2. The van der Waals surface area contributed by atoms with Gasteiger partial charge in [0, 0.05) is 6.42 Å². The molecule has 2 unspecified atom stereocenters. The van der Waals surface area contributed by atoms with Crippen molar-refractivity contribution in [1.29, 1.82) is 0 Å². The number of carbonyl (C=O) groups is 3. The molecule has 1 saturated carbocycles. The Morgan fingerprint density at radius 1 is 1.12 bits per heavy atom. The number of carbonyl (C=O) groups excluding carboxylic acids is 1. The third-order valence-electron chi connectivity index (χ3n) is 4.05. The number of hydrogen-bond donors (Lipinski definition) is 2. The maximum Gasteiger partial charge on any atom is 0.307 e. The van der Waals surface area contributed by atoms with E-state index in [9.17, 15) is 14.4 Å². The van der Waals surface area contributed by atoms with Gasteiger partial charge in [-0.3, -0.25) is 14.4 Å². The van der Waals surface area contributed by atoms with E-state index in [1.807, 2.05) is 0 Å². The molecule has 2 N–H and O–H groups in total. The van der Waals surface area contributed by atoms with Crippen molar-refractivity contribution in [1.82, 2.24) is 0 Å². The molecule has 17 heavy (non-hydrogen) atoms. The Hall–Kier alpha value is -1.39. The zero-order chi connectivity index (χ0) is 13.2. The topological polar surface area (TPSA) is 91.7 Å². The van der Waals surface area contributed by atoms with E-state index in [0.29, 0.717) is 12.8 Å². The van der Waals surface area contributed by atoms with E-state index in [1.54, 1.807) is 0 Å². The van der Waals surface area contributed by atoms with Crippen molar-refractivity contribution < 1.29 is 24.6 Å². The van der Waals surface area contributed by atoms with Crippen LogP contribution in [0.2, 0.25) is 0 Å². The fourth-order valence-corrected chi connectivity index (χ4v) is 2.81. The molecular formula is C12H18O5. The number of ketones is 1. The molecule has 0 amide bonds. The van der Waals surface area contributed by atoms with Gasteiger partial charge in [-0.1, -0.05) is 20.3 Å². The second-order valence-corrected chi connectivity index (χ2v) is 4.79. The van der Waals surface area contributed by atoms with Gasteiger partial charge in [0.05, 0.1) is 17.3 Å². The van der Waals surface area contributed by atoms with Gasteiger partial charge in [0.25, 0.3) is 0 Å². The molecule has 5 heteroatoms. The fraction of sp³-hybridized carbons (Fsp3) is 0.750. The predicted molar refractivity (Wildman–Crippen MR) is 59.5 cm³/mol. The van der Waals surface area contributed by atoms with E-state index in [0.717, 1.165) is 6.42 Å². The summed E-state index contributed by atoms with van der Waals surface area (Å²) in [7, 11) is 0. The highest BCUT2D eigenvalue weighted by Crippen LogP contribution is 2.46. The number of carboxylic acid groups (broad SMARTS) is 2. The molecule has 0 spiro atoms. The van der Waals surface area contributed by atoms with Crippen molar-refractivity contribution in [2.24, 2.45) is 17.3 Å². The summed E-state index contributed by atoms with van der Waals surface area (Å²) in [5.74, 6) is -4.34. The first-order valence-corrected chi connectivity index (χ1v) is 5.83. The zero-order valence-electron chi connectivity index (χ0n) is 10.1. The fourth-order valence-electron chi connectivity index (χ4n) is 2.81. The Labute approximate surface area is 99.8 Å². The summed E-state index contributed by atoms with van der Waals surface area (Å²) >= 11 is 0. The van der Waals surface area contributed by atoms with Crippen LogP contribution in [-0.4, -0.2) is 27.9 Å². The van der Waals surface area contributed by atoms with Crippen LogP contribution in [0, 0.1) is 17.3 Å². The van der Waals surface area contributed by atoms with Crippen LogP contribution in [0.25, 0.3) is 0 Å². The molecule has 2 atom stereocenters. The Kier molecular flexibility index (Phi) is 3.91. The Balaban J connectivity index is 3.20. The summed E-state index contributed by atoms with van der Waals surface area (Å²) in [5.41, 5.74) is -1.24. The summed E-state index contributed by atoms with van der Waals surface area (Å²) in [6, 6.07) is 0. The first-order valence-electron chi connectivity index (χ1n) is 5.83. The van der Waals surface area contributed by atoms with Crippen LogP contribution in [0.15, 0.2) is 0 Å². The van der Waals surface area contributed by atoms with Crippen LogP contribution in [0.5, 0.6) is 0 Å². The standard InChI is InChI=1S/C12H18O5/c1-7(10(14)15)12(8(2)11(16)17)6-4-3-5-9(12)13/h7-8H,3-6H2,1-2H3,(H,14,15)(H,16,17). The minimum atomic E-state index is -1.24. The first-order chi connectivity index (χ1) is 7.84. The maximum atomic E-state index is 12.1. The maximum absolute atomic E-state index is 12.1. The molecule has 0 heterocycles. The first kappa shape index (κ1) is 13.7. The average molecular weight is 242 g/mol. The Morgan fingerprint density at radius 2 is 1.59 bits per heavy atom. The quantitative estimate of drug-likeness (QED) is 0.780. The number of aliphatic carboxylic acids is 2.